The zero-order chi connectivity index (χ0) is 19.6. The normalized spacial score (nSPS) is 11.1. The molecule has 3 N–H and O–H groups in total. The van der Waals surface area contributed by atoms with Crippen LogP contribution in [-0.2, 0) is 25.7 Å². The molecule has 2 amide bonds. The molecule has 0 aliphatic heterocycles. The second-order valence-corrected chi connectivity index (χ2v) is 5.49. The molecule has 8 nitrogen and oxygen atoms in total. The van der Waals surface area contributed by atoms with E-state index in [1.54, 1.807) is 42.5 Å². The van der Waals surface area contributed by atoms with Crippen molar-refractivity contribution in [3.05, 3.63) is 71.8 Å². The molecule has 8 heteroatoms. The number of hydrogen-bond acceptors (Lipinski definition) is 6. The fourth-order valence-electron chi connectivity index (χ4n) is 2.07. The molecular formula is C19H18N2O6. The Hall–Kier alpha value is -3.68. The highest BCUT2D eigenvalue weighted by molar-refractivity contribution is 5.98. The number of rotatable bonds is 7. The van der Waals surface area contributed by atoms with Crippen LogP contribution in [0.4, 0.5) is 4.79 Å². The molecule has 0 bridgehead atoms. The van der Waals surface area contributed by atoms with Crippen molar-refractivity contribution in [2.45, 2.75) is 19.1 Å². The van der Waals surface area contributed by atoms with Crippen LogP contribution in [0.3, 0.4) is 0 Å². The van der Waals surface area contributed by atoms with Crippen LogP contribution in [0.25, 0.3) is 0 Å². The molecule has 0 heterocycles. The summed E-state index contributed by atoms with van der Waals surface area (Å²) < 4.78 is 9.61. The first-order valence-corrected chi connectivity index (χ1v) is 8.02. The highest BCUT2D eigenvalue weighted by Gasteiger charge is 2.25. The summed E-state index contributed by atoms with van der Waals surface area (Å²) >= 11 is 0. The fraction of sp³-hybridized carbons (Fsp3) is 0.158. The third-order valence-corrected chi connectivity index (χ3v) is 3.44. The van der Waals surface area contributed by atoms with Gasteiger partial charge in [0, 0.05) is 0 Å². The Labute approximate surface area is 155 Å². The summed E-state index contributed by atoms with van der Waals surface area (Å²) in [4.78, 5) is 46.9. The lowest BCUT2D eigenvalue weighted by Crippen LogP contribution is -2.46. The van der Waals surface area contributed by atoms with Crippen LogP contribution in [0, 0.1) is 0 Å². The van der Waals surface area contributed by atoms with E-state index in [1.807, 2.05) is 6.07 Å². The topological polar surface area (TPSA) is 125 Å². The van der Waals surface area contributed by atoms with E-state index in [1.165, 1.54) is 12.1 Å². The molecule has 0 saturated heterocycles. The lowest BCUT2D eigenvalue weighted by atomic mass is 10.2. The molecule has 0 aromatic heterocycles. The van der Waals surface area contributed by atoms with Gasteiger partial charge in [-0.3, -0.25) is 9.59 Å². The van der Waals surface area contributed by atoms with E-state index in [0.29, 0.717) is 0 Å². The summed E-state index contributed by atoms with van der Waals surface area (Å²) in [5.74, 6) is -2.83. The summed E-state index contributed by atoms with van der Waals surface area (Å²) in [6, 6.07) is 15.4. The van der Waals surface area contributed by atoms with Crippen LogP contribution in [0.2, 0.25) is 0 Å². The predicted octanol–water partition coefficient (Wildman–Crippen LogP) is 1.54. The number of carbonyl (C=O) groups is 4. The average Bonchev–Trinajstić information content (AvgIpc) is 2.67. The van der Waals surface area contributed by atoms with Gasteiger partial charge in [-0.05, 0) is 17.7 Å². The third kappa shape index (κ3) is 6.62. The minimum atomic E-state index is -1.37. The number of nitrogens with one attached hydrogen (secondary N) is 1. The fourth-order valence-corrected chi connectivity index (χ4v) is 2.07. The summed E-state index contributed by atoms with van der Waals surface area (Å²) in [6.45, 7) is -0.0188. The van der Waals surface area contributed by atoms with Gasteiger partial charge in [-0.1, -0.05) is 48.5 Å². The second-order valence-electron chi connectivity index (χ2n) is 5.49. The first-order valence-electron chi connectivity index (χ1n) is 8.02. The standard InChI is InChI=1S/C19H18N2O6/c20-17(23)15(21-19(25)26-12-13-7-3-1-4-8-13)11-16(22)27-18(24)14-9-5-2-6-10-14/h1-10,15H,11-12H2,(H2,20,23)(H,21,25)/t15-/m0/s1. The number of primary amides is 1. The number of hydrogen-bond donors (Lipinski definition) is 2. The lowest BCUT2D eigenvalue weighted by molar-refractivity contribution is -0.140. The van der Waals surface area contributed by atoms with Crippen molar-refractivity contribution in [2.24, 2.45) is 5.73 Å². The zero-order valence-electron chi connectivity index (χ0n) is 14.3. The summed E-state index contributed by atoms with van der Waals surface area (Å²) in [5.41, 5.74) is 6.10. The minimum Gasteiger partial charge on any atom is -0.445 e. The molecule has 2 rings (SSSR count). The van der Waals surface area contributed by atoms with E-state index < -0.39 is 36.4 Å². The Balaban J connectivity index is 1.85. The predicted molar refractivity (Wildman–Crippen MR) is 94.2 cm³/mol. The monoisotopic (exact) mass is 370 g/mol. The van der Waals surface area contributed by atoms with Gasteiger partial charge in [0.2, 0.25) is 5.91 Å². The minimum absolute atomic E-state index is 0.0188. The van der Waals surface area contributed by atoms with Crippen LogP contribution >= 0.6 is 0 Å². The number of amides is 2. The van der Waals surface area contributed by atoms with Crippen LogP contribution in [0.5, 0.6) is 0 Å². The number of carbonyl (C=O) groups excluding carboxylic acids is 4. The molecule has 0 saturated carbocycles. The number of ether oxygens (including phenoxy) is 2. The number of alkyl carbamates (subject to hydrolysis) is 1. The zero-order valence-corrected chi connectivity index (χ0v) is 14.3. The van der Waals surface area contributed by atoms with Gasteiger partial charge in [0.05, 0.1) is 12.0 Å². The third-order valence-electron chi connectivity index (χ3n) is 3.44. The van der Waals surface area contributed by atoms with Gasteiger partial charge >= 0.3 is 18.0 Å². The van der Waals surface area contributed by atoms with E-state index in [-0.39, 0.29) is 12.2 Å². The van der Waals surface area contributed by atoms with Crippen molar-refractivity contribution >= 4 is 23.9 Å². The number of esters is 2. The van der Waals surface area contributed by atoms with Gasteiger partial charge in [-0.2, -0.15) is 0 Å². The molecule has 2 aromatic rings. The van der Waals surface area contributed by atoms with E-state index in [0.717, 1.165) is 5.56 Å². The van der Waals surface area contributed by atoms with Crippen molar-refractivity contribution < 1.29 is 28.7 Å². The van der Waals surface area contributed by atoms with E-state index in [4.69, 9.17) is 10.5 Å². The summed E-state index contributed by atoms with van der Waals surface area (Å²) in [7, 11) is 0. The quantitative estimate of drug-likeness (QED) is 0.563. The first-order chi connectivity index (χ1) is 13.0. The van der Waals surface area contributed by atoms with Gasteiger partial charge in [-0.25, -0.2) is 9.59 Å². The maximum absolute atomic E-state index is 11.9. The van der Waals surface area contributed by atoms with Gasteiger partial charge in [-0.15, -0.1) is 0 Å². The number of nitrogens with two attached hydrogens (primary N) is 1. The maximum Gasteiger partial charge on any atom is 0.408 e. The van der Waals surface area contributed by atoms with Crippen molar-refractivity contribution in [1.29, 1.82) is 0 Å². The van der Waals surface area contributed by atoms with Crippen LogP contribution < -0.4 is 11.1 Å². The summed E-state index contributed by atoms with van der Waals surface area (Å²) in [5, 5.41) is 2.18. The van der Waals surface area contributed by atoms with Crippen LogP contribution in [0.1, 0.15) is 22.3 Å². The highest BCUT2D eigenvalue weighted by Crippen LogP contribution is 2.05. The SMILES string of the molecule is NC(=O)[C@H](CC(=O)OC(=O)c1ccccc1)NC(=O)OCc1ccccc1. The smallest absolute Gasteiger partial charge is 0.408 e. The molecule has 1 atom stereocenters. The van der Waals surface area contributed by atoms with Gasteiger partial charge in [0.25, 0.3) is 0 Å². The average molecular weight is 370 g/mol. The Bertz CT molecular complexity index is 807. The molecular weight excluding hydrogens is 352 g/mol. The Morgan fingerprint density at radius 3 is 2.11 bits per heavy atom. The van der Waals surface area contributed by atoms with E-state index >= 15 is 0 Å². The lowest BCUT2D eigenvalue weighted by Gasteiger charge is -2.14. The van der Waals surface area contributed by atoms with Crippen molar-refractivity contribution in [3.63, 3.8) is 0 Å². The van der Waals surface area contributed by atoms with E-state index in [9.17, 15) is 19.2 Å². The van der Waals surface area contributed by atoms with Gasteiger partial charge in [0.1, 0.15) is 12.6 Å². The van der Waals surface area contributed by atoms with E-state index in [2.05, 4.69) is 10.1 Å². The first kappa shape index (κ1) is 19.6. The second kappa shape index (κ2) is 9.71. The molecule has 27 heavy (non-hydrogen) atoms. The molecule has 0 aliphatic rings. The Morgan fingerprint density at radius 1 is 0.926 bits per heavy atom. The molecule has 0 aliphatic carbocycles. The van der Waals surface area contributed by atoms with Crippen LogP contribution in [0.15, 0.2) is 60.7 Å². The summed E-state index contributed by atoms with van der Waals surface area (Å²) in [6.07, 6.45) is -1.53. The molecule has 140 valence electrons. The highest BCUT2D eigenvalue weighted by atomic mass is 16.6. The maximum atomic E-state index is 11.9. The molecule has 2 aromatic carbocycles. The molecule has 0 radical (unpaired) electrons. The molecule has 0 spiro atoms. The van der Waals surface area contributed by atoms with Crippen molar-refractivity contribution in [1.82, 2.24) is 5.32 Å². The largest absolute Gasteiger partial charge is 0.445 e. The van der Waals surface area contributed by atoms with Gasteiger partial charge < -0.3 is 20.5 Å². The van der Waals surface area contributed by atoms with Gasteiger partial charge in [0.15, 0.2) is 0 Å². The van der Waals surface area contributed by atoms with Crippen molar-refractivity contribution in [2.75, 3.05) is 0 Å². The molecule has 0 unspecified atom stereocenters. The Kier molecular flexibility index (Phi) is 7.07. The van der Waals surface area contributed by atoms with Crippen LogP contribution in [-0.4, -0.2) is 30.0 Å². The van der Waals surface area contributed by atoms with Crippen molar-refractivity contribution in [3.8, 4) is 0 Å². The molecule has 0 fully saturated rings. The Morgan fingerprint density at radius 2 is 1.52 bits per heavy atom. The number of benzene rings is 2.